The molecule has 1 rings (SSSR count). The van der Waals surface area contributed by atoms with Crippen LogP contribution in [0.2, 0.25) is 0 Å². The molecule has 0 aliphatic heterocycles. The number of aromatic nitrogens is 1. The lowest BCUT2D eigenvalue weighted by Gasteiger charge is -2.02. The van der Waals surface area contributed by atoms with E-state index < -0.39 is 0 Å². The minimum atomic E-state index is -0.156. The van der Waals surface area contributed by atoms with Gasteiger partial charge in [-0.2, -0.15) is 11.8 Å². The maximum Gasteiger partial charge on any atom is 0.306 e. The number of carbonyl (C=O) groups is 1. The van der Waals surface area contributed by atoms with Crippen LogP contribution in [-0.4, -0.2) is 30.9 Å². The van der Waals surface area contributed by atoms with Crippen molar-refractivity contribution in [2.24, 2.45) is 0 Å². The van der Waals surface area contributed by atoms with Crippen molar-refractivity contribution in [3.05, 3.63) is 23.9 Å². The molecule has 4 nitrogen and oxygen atoms in total. The SMILES string of the molecule is CNc1ccc(CSCCC(=O)OC)cn1. The Morgan fingerprint density at radius 1 is 1.56 bits per heavy atom. The molecule has 88 valence electrons. The molecule has 5 heteroatoms. The molecule has 0 spiro atoms. The van der Waals surface area contributed by atoms with Crippen molar-refractivity contribution in [1.29, 1.82) is 0 Å². The predicted molar refractivity (Wildman–Crippen MR) is 66.6 cm³/mol. The van der Waals surface area contributed by atoms with Crippen LogP contribution in [0.1, 0.15) is 12.0 Å². The van der Waals surface area contributed by atoms with Gasteiger partial charge in [0.1, 0.15) is 5.82 Å². The van der Waals surface area contributed by atoms with Gasteiger partial charge in [-0.05, 0) is 11.6 Å². The first-order valence-corrected chi connectivity index (χ1v) is 6.19. The van der Waals surface area contributed by atoms with E-state index in [0.717, 1.165) is 22.9 Å². The summed E-state index contributed by atoms with van der Waals surface area (Å²) in [7, 11) is 3.25. The lowest BCUT2D eigenvalue weighted by Crippen LogP contribution is -2.01. The number of pyridine rings is 1. The first-order valence-electron chi connectivity index (χ1n) is 5.03. The molecule has 1 heterocycles. The summed E-state index contributed by atoms with van der Waals surface area (Å²) in [5.74, 6) is 2.36. The van der Waals surface area contributed by atoms with Gasteiger partial charge in [-0.3, -0.25) is 4.79 Å². The van der Waals surface area contributed by atoms with Gasteiger partial charge in [0.25, 0.3) is 0 Å². The monoisotopic (exact) mass is 240 g/mol. The largest absolute Gasteiger partial charge is 0.469 e. The summed E-state index contributed by atoms with van der Waals surface area (Å²) in [6.07, 6.45) is 2.31. The van der Waals surface area contributed by atoms with Crippen LogP contribution in [0.3, 0.4) is 0 Å². The number of rotatable bonds is 6. The van der Waals surface area contributed by atoms with E-state index in [0.29, 0.717) is 6.42 Å². The van der Waals surface area contributed by atoms with Gasteiger partial charge in [-0.15, -0.1) is 0 Å². The summed E-state index contributed by atoms with van der Waals surface area (Å²) in [6.45, 7) is 0. The molecule has 0 saturated carbocycles. The van der Waals surface area contributed by atoms with E-state index in [1.165, 1.54) is 7.11 Å². The summed E-state index contributed by atoms with van der Waals surface area (Å²) in [6, 6.07) is 3.97. The zero-order chi connectivity index (χ0) is 11.8. The molecule has 0 amide bonds. The Bertz CT molecular complexity index is 327. The van der Waals surface area contributed by atoms with E-state index in [-0.39, 0.29) is 5.97 Å². The first-order chi connectivity index (χ1) is 7.76. The highest BCUT2D eigenvalue weighted by atomic mass is 32.2. The van der Waals surface area contributed by atoms with Crippen LogP contribution >= 0.6 is 11.8 Å². The molecular formula is C11H16N2O2S. The number of methoxy groups -OCH3 is 1. The maximum atomic E-state index is 10.9. The molecule has 16 heavy (non-hydrogen) atoms. The van der Waals surface area contributed by atoms with Gasteiger partial charge in [0.15, 0.2) is 0 Å². The van der Waals surface area contributed by atoms with Gasteiger partial charge in [-0.25, -0.2) is 4.98 Å². The van der Waals surface area contributed by atoms with Gasteiger partial charge >= 0.3 is 5.97 Å². The Labute approximate surface area is 99.8 Å². The predicted octanol–water partition coefficient (Wildman–Crippen LogP) is 1.92. The zero-order valence-electron chi connectivity index (χ0n) is 9.53. The second-order valence-electron chi connectivity index (χ2n) is 3.18. The summed E-state index contributed by atoms with van der Waals surface area (Å²) < 4.78 is 4.56. The fourth-order valence-electron chi connectivity index (χ4n) is 1.11. The van der Waals surface area contributed by atoms with Crippen LogP contribution < -0.4 is 5.32 Å². The van der Waals surface area contributed by atoms with Crippen molar-refractivity contribution < 1.29 is 9.53 Å². The third kappa shape index (κ3) is 4.53. The Morgan fingerprint density at radius 2 is 2.38 bits per heavy atom. The molecule has 0 aliphatic rings. The summed E-state index contributed by atoms with van der Waals surface area (Å²) in [5, 5.41) is 2.96. The zero-order valence-corrected chi connectivity index (χ0v) is 10.3. The maximum absolute atomic E-state index is 10.9. The molecule has 1 aromatic heterocycles. The van der Waals surface area contributed by atoms with Crippen LogP contribution in [0.5, 0.6) is 0 Å². The molecule has 0 radical (unpaired) electrons. The van der Waals surface area contributed by atoms with Crippen molar-refractivity contribution in [2.45, 2.75) is 12.2 Å². The van der Waals surface area contributed by atoms with Crippen LogP contribution in [0.15, 0.2) is 18.3 Å². The van der Waals surface area contributed by atoms with Gasteiger partial charge < -0.3 is 10.1 Å². The highest BCUT2D eigenvalue weighted by Gasteiger charge is 2.00. The van der Waals surface area contributed by atoms with Crippen LogP contribution in [0, 0.1) is 0 Å². The van der Waals surface area contributed by atoms with Gasteiger partial charge in [-0.1, -0.05) is 6.07 Å². The molecule has 0 unspecified atom stereocenters. The van der Waals surface area contributed by atoms with Crippen molar-refractivity contribution in [3.63, 3.8) is 0 Å². The molecule has 0 fully saturated rings. The van der Waals surface area contributed by atoms with Gasteiger partial charge in [0.2, 0.25) is 0 Å². The Hall–Kier alpha value is -1.23. The molecule has 0 atom stereocenters. The van der Waals surface area contributed by atoms with Crippen molar-refractivity contribution in [3.8, 4) is 0 Å². The standard InChI is InChI=1S/C11H16N2O2S/c1-12-10-4-3-9(7-13-10)8-16-6-5-11(14)15-2/h3-4,7H,5-6,8H2,1-2H3,(H,12,13). The fourth-order valence-corrected chi connectivity index (χ4v) is 1.97. The molecule has 0 aromatic carbocycles. The minimum Gasteiger partial charge on any atom is -0.469 e. The van der Waals surface area contributed by atoms with Gasteiger partial charge in [0, 0.05) is 24.8 Å². The van der Waals surface area contributed by atoms with E-state index in [4.69, 9.17) is 0 Å². The Balaban J connectivity index is 2.24. The van der Waals surface area contributed by atoms with Crippen LogP contribution in [-0.2, 0) is 15.3 Å². The highest BCUT2D eigenvalue weighted by Crippen LogP contribution is 2.13. The third-order valence-electron chi connectivity index (χ3n) is 2.03. The number of nitrogens with zero attached hydrogens (tertiary/aromatic N) is 1. The fraction of sp³-hybridized carbons (Fsp3) is 0.455. The topological polar surface area (TPSA) is 51.2 Å². The van der Waals surface area contributed by atoms with E-state index in [1.807, 2.05) is 25.4 Å². The smallest absolute Gasteiger partial charge is 0.306 e. The third-order valence-corrected chi connectivity index (χ3v) is 3.06. The van der Waals surface area contributed by atoms with E-state index in [2.05, 4.69) is 15.0 Å². The van der Waals surface area contributed by atoms with Crippen molar-refractivity contribution in [1.82, 2.24) is 4.98 Å². The molecule has 0 bridgehead atoms. The number of carbonyl (C=O) groups excluding carboxylic acids is 1. The average molecular weight is 240 g/mol. The van der Waals surface area contributed by atoms with Gasteiger partial charge in [0.05, 0.1) is 13.5 Å². The number of esters is 1. The van der Waals surface area contributed by atoms with Crippen LogP contribution in [0.4, 0.5) is 5.82 Å². The van der Waals surface area contributed by atoms with E-state index >= 15 is 0 Å². The van der Waals surface area contributed by atoms with Crippen molar-refractivity contribution >= 4 is 23.5 Å². The average Bonchev–Trinajstić information content (AvgIpc) is 2.35. The lowest BCUT2D eigenvalue weighted by molar-refractivity contribution is -0.140. The number of anilines is 1. The van der Waals surface area contributed by atoms with E-state index in [9.17, 15) is 4.79 Å². The van der Waals surface area contributed by atoms with E-state index in [1.54, 1.807) is 11.8 Å². The molecular weight excluding hydrogens is 224 g/mol. The molecule has 1 N–H and O–H groups in total. The lowest BCUT2D eigenvalue weighted by atomic mass is 10.3. The minimum absolute atomic E-state index is 0.156. The Kier molecular flexibility index (Phi) is 5.71. The Morgan fingerprint density at radius 3 is 2.94 bits per heavy atom. The number of hydrogen-bond acceptors (Lipinski definition) is 5. The summed E-state index contributed by atoms with van der Waals surface area (Å²) in [4.78, 5) is 15.1. The number of nitrogens with one attached hydrogen (secondary N) is 1. The molecule has 0 saturated heterocycles. The second kappa shape index (κ2) is 7.11. The number of thioether (sulfide) groups is 1. The molecule has 0 aliphatic carbocycles. The first kappa shape index (κ1) is 12.8. The normalized spacial score (nSPS) is 9.88. The van der Waals surface area contributed by atoms with Crippen LogP contribution in [0.25, 0.3) is 0 Å². The highest BCUT2D eigenvalue weighted by molar-refractivity contribution is 7.98. The number of hydrogen-bond donors (Lipinski definition) is 1. The second-order valence-corrected chi connectivity index (χ2v) is 4.29. The van der Waals surface area contributed by atoms with Crippen molar-refractivity contribution in [2.75, 3.05) is 25.2 Å². The summed E-state index contributed by atoms with van der Waals surface area (Å²) in [5.41, 5.74) is 1.16. The molecule has 1 aromatic rings. The number of ether oxygens (including phenoxy) is 1. The summed E-state index contributed by atoms with van der Waals surface area (Å²) >= 11 is 1.70. The quantitative estimate of drug-likeness (QED) is 0.608.